The first-order chi connectivity index (χ1) is 6.74. The molecule has 1 atom stereocenters. The first-order valence-corrected chi connectivity index (χ1v) is 5.31. The SMILES string of the molecule is CCc1ccc(Cl)c2c1C(N)CCO2. The molecule has 2 N–H and O–H groups in total. The molecular weight excluding hydrogens is 198 g/mol. The van der Waals surface area contributed by atoms with Gasteiger partial charge in [0.1, 0.15) is 5.75 Å². The van der Waals surface area contributed by atoms with Gasteiger partial charge in [-0.15, -0.1) is 0 Å². The van der Waals surface area contributed by atoms with E-state index in [1.807, 2.05) is 12.1 Å². The van der Waals surface area contributed by atoms with Crippen LogP contribution in [0, 0.1) is 0 Å². The molecule has 14 heavy (non-hydrogen) atoms. The number of ether oxygens (including phenoxy) is 1. The van der Waals surface area contributed by atoms with Crippen molar-refractivity contribution in [2.24, 2.45) is 5.73 Å². The van der Waals surface area contributed by atoms with Gasteiger partial charge in [-0.05, 0) is 18.1 Å². The van der Waals surface area contributed by atoms with E-state index in [0.717, 1.165) is 24.2 Å². The number of hydrogen-bond acceptors (Lipinski definition) is 2. The highest BCUT2D eigenvalue weighted by Crippen LogP contribution is 2.39. The Kier molecular flexibility index (Phi) is 2.66. The number of fused-ring (bicyclic) bond motifs is 1. The molecule has 0 spiro atoms. The number of aryl methyl sites for hydroxylation is 1. The summed E-state index contributed by atoms with van der Waals surface area (Å²) in [6, 6.07) is 4.00. The largest absolute Gasteiger partial charge is 0.492 e. The monoisotopic (exact) mass is 211 g/mol. The third-order valence-electron chi connectivity index (χ3n) is 2.67. The van der Waals surface area contributed by atoms with Crippen molar-refractivity contribution in [2.45, 2.75) is 25.8 Å². The summed E-state index contributed by atoms with van der Waals surface area (Å²) in [4.78, 5) is 0. The molecule has 0 saturated carbocycles. The second kappa shape index (κ2) is 3.79. The van der Waals surface area contributed by atoms with Gasteiger partial charge < -0.3 is 10.5 Å². The van der Waals surface area contributed by atoms with Crippen molar-refractivity contribution in [3.05, 3.63) is 28.3 Å². The van der Waals surface area contributed by atoms with E-state index in [0.29, 0.717) is 11.6 Å². The third-order valence-corrected chi connectivity index (χ3v) is 2.96. The Labute approximate surface area is 89.0 Å². The normalized spacial score (nSPS) is 20.1. The fourth-order valence-corrected chi connectivity index (χ4v) is 2.13. The molecule has 0 bridgehead atoms. The lowest BCUT2D eigenvalue weighted by Gasteiger charge is -2.26. The number of nitrogens with two attached hydrogens (primary N) is 1. The summed E-state index contributed by atoms with van der Waals surface area (Å²) in [6.07, 6.45) is 1.84. The molecule has 2 nitrogen and oxygen atoms in total. The molecule has 0 radical (unpaired) electrons. The lowest BCUT2D eigenvalue weighted by Crippen LogP contribution is -2.22. The molecule has 3 heteroatoms. The van der Waals surface area contributed by atoms with Crippen LogP contribution in [0.2, 0.25) is 5.02 Å². The van der Waals surface area contributed by atoms with Gasteiger partial charge in [0.25, 0.3) is 0 Å². The predicted octanol–water partition coefficient (Wildman–Crippen LogP) is 2.68. The van der Waals surface area contributed by atoms with Gasteiger partial charge in [-0.3, -0.25) is 0 Å². The Hall–Kier alpha value is -0.730. The summed E-state index contributed by atoms with van der Waals surface area (Å²) in [5, 5.41) is 0.673. The molecule has 1 aliphatic heterocycles. The van der Waals surface area contributed by atoms with Gasteiger partial charge in [-0.25, -0.2) is 0 Å². The Morgan fingerprint density at radius 1 is 1.57 bits per heavy atom. The molecule has 0 aromatic heterocycles. The third kappa shape index (κ3) is 1.49. The van der Waals surface area contributed by atoms with E-state index in [4.69, 9.17) is 22.1 Å². The Balaban J connectivity index is 2.58. The molecule has 1 unspecified atom stereocenters. The van der Waals surface area contributed by atoms with E-state index in [1.54, 1.807) is 0 Å². The lowest BCUT2D eigenvalue weighted by molar-refractivity contribution is 0.268. The molecule has 0 fully saturated rings. The van der Waals surface area contributed by atoms with E-state index in [-0.39, 0.29) is 6.04 Å². The van der Waals surface area contributed by atoms with Crippen LogP contribution in [0.3, 0.4) is 0 Å². The molecule has 1 aromatic carbocycles. The van der Waals surface area contributed by atoms with Gasteiger partial charge in [0.05, 0.1) is 11.6 Å². The van der Waals surface area contributed by atoms with Crippen molar-refractivity contribution < 1.29 is 4.74 Å². The van der Waals surface area contributed by atoms with E-state index >= 15 is 0 Å². The van der Waals surface area contributed by atoms with Gasteiger partial charge in [0.15, 0.2) is 0 Å². The van der Waals surface area contributed by atoms with E-state index < -0.39 is 0 Å². The van der Waals surface area contributed by atoms with E-state index in [2.05, 4.69) is 6.92 Å². The number of hydrogen-bond donors (Lipinski definition) is 1. The first kappa shape index (κ1) is 9.81. The summed E-state index contributed by atoms with van der Waals surface area (Å²) >= 11 is 6.06. The molecule has 0 amide bonds. The minimum atomic E-state index is 0.0763. The molecule has 76 valence electrons. The van der Waals surface area contributed by atoms with Gasteiger partial charge >= 0.3 is 0 Å². The van der Waals surface area contributed by atoms with Crippen molar-refractivity contribution in [1.29, 1.82) is 0 Å². The fourth-order valence-electron chi connectivity index (χ4n) is 1.91. The zero-order chi connectivity index (χ0) is 10.1. The molecule has 1 heterocycles. The summed E-state index contributed by atoms with van der Waals surface area (Å²) in [5.41, 5.74) is 8.40. The van der Waals surface area contributed by atoms with Crippen LogP contribution in [-0.4, -0.2) is 6.61 Å². The van der Waals surface area contributed by atoms with E-state index in [1.165, 1.54) is 5.56 Å². The quantitative estimate of drug-likeness (QED) is 0.775. The Morgan fingerprint density at radius 2 is 2.36 bits per heavy atom. The zero-order valence-electron chi connectivity index (χ0n) is 8.22. The second-order valence-corrected chi connectivity index (χ2v) is 3.95. The average Bonchev–Trinajstić information content (AvgIpc) is 2.20. The minimum absolute atomic E-state index is 0.0763. The predicted molar refractivity (Wildman–Crippen MR) is 57.9 cm³/mol. The van der Waals surface area contributed by atoms with Crippen LogP contribution >= 0.6 is 11.6 Å². The van der Waals surface area contributed by atoms with Gasteiger partial charge in [0, 0.05) is 18.0 Å². The highest BCUT2D eigenvalue weighted by atomic mass is 35.5. The van der Waals surface area contributed by atoms with E-state index in [9.17, 15) is 0 Å². The molecular formula is C11H14ClNO. The number of rotatable bonds is 1. The first-order valence-electron chi connectivity index (χ1n) is 4.93. The molecule has 1 aromatic rings. The Morgan fingerprint density at radius 3 is 3.07 bits per heavy atom. The van der Waals surface area contributed by atoms with Gasteiger partial charge in [-0.1, -0.05) is 24.6 Å². The van der Waals surface area contributed by atoms with Crippen molar-refractivity contribution >= 4 is 11.6 Å². The standard InChI is InChI=1S/C11H14ClNO/c1-2-7-3-4-8(12)11-10(7)9(13)5-6-14-11/h3-4,9H,2,5-6,13H2,1H3. The maximum Gasteiger partial charge on any atom is 0.142 e. The topological polar surface area (TPSA) is 35.2 Å². The highest BCUT2D eigenvalue weighted by Gasteiger charge is 2.22. The Bertz CT molecular complexity index is 351. The maximum atomic E-state index is 6.06. The van der Waals surface area contributed by atoms with Crippen LogP contribution in [-0.2, 0) is 6.42 Å². The number of halogens is 1. The van der Waals surface area contributed by atoms with Crippen molar-refractivity contribution in [1.82, 2.24) is 0 Å². The van der Waals surface area contributed by atoms with Crippen molar-refractivity contribution in [2.75, 3.05) is 6.61 Å². The average molecular weight is 212 g/mol. The molecule has 1 aliphatic rings. The summed E-state index contributed by atoms with van der Waals surface area (Å²) in [6.45, 7) is 2.78. The molecule has 2 rings (SSSR count). The number of benzene rings is 1. The summed E-state index contributed by atoms with van der Waals surface area (Å²) in [7, 11) is 0. The maximum absolute atomic E-state index is 6.06. The van der Waals surface area contributed by atoms with Gasteiger partial charge in [-0.2, -0.15) is 0 Å². The summed E-state index contributed by atoms with van der Waals surface area (Å²) in [5.74, 6) is 0.796. The molecule has 0 saturated heterocycles. The summed E-state index contributed by atoms with van der Waals surface area (Å²) < 4.78 is 5.56. The zero-order valence-corrected chi connectivity index (χ0v) is 8.97. The van der Waals surface area contributed by atoms with Crippen molar-refractivity contribution in [3.63, 3.8) is 0 Å². The van der Waals surface area contributed by atoms with Crippen LogP contribution in [0.15, 0.2) is 12.1 Å². The minimum Gasteiger partial charge on any atom is -0.492 e. The van der Waals surface area contributed by atoms with Crippen LogP contribution in [0.4, 0.5) is 0 Å². The highest BCUT2D eigenvalue weighted by molar-refractivity contribution is 6.32. The van der Waals surface area contributed by atoms with Crippen molar-refractivity contribution in [3.8, 4) is 5.75 Å². The van der Waals surface area contributed by atoms with Gasteiger partial charge in [0.2, 0.25) is 0 Å². The molecule has 0 aliphatic carbocycles. The van der Waals surface area contributed by atoms with Crippen LogP contribution in [0.5, 0.6) is 5.75 Å². The van der Waals surface area contributed by atoms with Crippen LogP contribution < -0.4 is 10.5 Å². The lowest BCUT2D eigenvalue weighted by atomic mass is 9.94. The van der Waals surface area contributed by atoms with Crippen LogP contribution in [0.1, 0.15) is 30.5 Å². The van der Waals surface area contributed by atoms with Crippen LogP contribution in [0.25, 0.3) is 0 Å². The second-order valence-electron chi connectivity index (χ2n) is 3.55. The fraction of sp³-hybridized carbons (Fsp3) is 0.455. The smallest absolute Gasteiger partial charge is 0.142 e.